The number of nitrogens with two attached hydrogens (primary N) is 1. The molecular weight excluding hydrogens is 258 g/mol. The van der Waals surface area contributed by atoms with E-state index in [0.717, 1.165) is 18.1 Å². The van der Waals surface area contributed by atoms with Gasteiger partial charge in [-0.25, -0.2) is 10.8 Å². The summed E-state index contributed by atoms with van der Waals surface area (Å²) in [6.45, 7) is 7.09. The molecule has 2 heterocycles. The van der Waals surface area contributed by atoms with Gasteiger partial charge in [-0.15, -0.1) is 11.3 Å². The second kappa shape index (κ2) is 5.99. The number of hydrogen-bond acceptors (Lipinski definition) is 6. The first kappa shape index (κ1) is 13.8. The Morgan fingerprint density at radius 1 is 1.42 bits per heavy atom. The summed E-state index contributed by atoms with van der Waals surface area (Å²) in [5.41, 5.74) is 3.41. The lowest BCUT2D eigenvalue weighted by molar-refractivity contribution is 0.675. The molecule has 0 bridgehead atoms. The molecule has 5 nitrogen and oxygen atoms in total. The van der Waals surface area contributed by atoms with E-state index in [1.165, 1.54) is 4.88 Å². The Hall–Kier alpha value is -1.66. The van der Waals surface area contributed by atoms with Gasteiger partial charge in [-0.1, -0.05) is 6.07 Å². The molecule has 0 aliphatic carbocycles. The van der Waals surface area contributed by atoms with E-state index < -0.39 is 0 Å². The molecule has 0 unspecified atom stereocenters. The molecule has 0 spiro atoms. The van der Waals surface area contributed by atoms with Crippen LogP contribution < -0.4 is 16.2 Å². The lowest BCUT2D eigenvalue weighted by Crippen LogP contribution is -2.31. The third kappa shape index (κ3) is 3.42. The second-order valence-electron chi connectivity index (χ2n) is 4.64. The van der Waals surface area contributed by atoms with E-state index in [2.05, 4.69) is 51.7 Å². The molecule has 0 amide bonds. The Bertz CT molecular complexity index is 524. The zero-order valence-electron chi connectivity index (χ0n) is 11.4. The van der Waals surface area contributed by atoms with E-state index in [9.17, 15) is 0 Å². The summed E-state index contributed by atoms with van der Waals surface area (Å²) in [6.07, 6.45) is 0. The lowest BCUT2D eigenvalue weighted by Gasteiger charge is -2.27. The van der Waals surface area contributed by atoms with Crippen LogP contribution in [0.25, 0.3) is 0 Å². The van der Waals surface area contributed by atoms with Crippen molar-refractivity contribution >= 4 is 23.1 Å². The van der Waals surface area contributed by atoms with E-state index >= 15 is 0 Å². The molecule has 0 saturated carbocycles. The van der Waals surface area contributed by atoms with Gasteiger partial charge in [0.2, 0.25) is 5.95 Å². The highest BCUT2D eigenvalue weighted by atomic mass is 32.1. The average Bonchev–Trinajstić information content (AvgIpc) is 2.87. The minimum Gasteiger partial charge on any atom is -0.349 e. The van der Waals surface area contributed by atoms with Crippen molar-refractivity contribution in [2.45, 2.75) is 33.4 Å². The highest BCUT2D eigenvalue weighted by Gasteiger charge is 2.14. The van der Waals surface area contributed by atoms with Crippen LogP contribution >= 0.6 is 11.3 Å². The molecular formula is C13H19N5S. The van der Waals surface area contributed by atoms with Gasteiger partial charge in [-0.2, -0.15) is 4.98 Å². The number of rotatable bonds is 5. The van der Waals surface area contributed by atoms with Crippen molar-refractivity contribution in [2.24, 2.45) is 5.84 Å². The molecule has 0 radical (unpaired) electrons. The van der Waals surface area contributed by atoms with Gasteiger partial charge < -0.3 is 4.90 Å². The maximum Gasteiger partial charge on any atom is 0.239 e. The van der Waals surface area contributed by atoms with Crippen LogP contribution in [0.4, 0.5) is 11.8 Å². The van der Waals surface area contributed by atoms with Crippen LogP contribution in [-0.2, 0) is 6.54 Å². The predicted molar refractivity (Wildman–Crippen MR) is 80.2 cm³/mol. The zero-order valence-corrected chi connectivity index (χ0v) is 12.2. The molecule has 0 aromatic carbocycles. The van der Waals surface area contributed by atoms with Gasteiger partial charge in [-0.3, -0.25) is 5.43 Å². The Morgan fingerprint density at radius 2 is 2.21 bits per heavy atom. The van der Waals surface area contributed by atoms with Gasteiger partial charge in [-0.05, 0) is 32.2 Å². The van der Waals surface area contributed by atoms with Crippen molar-refractivity contribution in [3.63, 3.8) is 0 Å². The number of nitrogens with zero attached hydrogens (tertiary/aromatic N) is 3. The lowest BCUT2D eigenvalue weighted by atomic mass is 10.3. The SMILES string of the molecule is Cc1cc(N(Cc2cccs2)C(C)C)nc(NN)n1. The maximum atomic E-state index is 5.41. The van der Waals surface area contributed by atoms with E-state index in [1.807, 2.05) is 13.0 Å². The number of hydrazine groups is 1. The first-order valence-electron chi connectivity index (χ1n) is 6.21. The maximum absolute atomic E-state index is 5.41. The number of thiophene rings is 1. The van der Waals surface area contributed by atoms with Crippen molar-refractivity contribution in [2.75, 3.05) is 10.3 Å². The van der Waals surface area contributed by atoms with Gasteiger partial charge in [0.15, 0.2) is 0 Å². The van der Waals surface area contributed by atoms with E-state index in [0.29, 0.717) is 12.0 Å². The van der Waals surface area contributed by atoms with Crippen LogP contribution in [0, 0.1) is 6.92 Å². The monoisotopic (exact) mass is 277 g/mol. The fraction of sp³-hybridized carbons (Fsp3) is 0.385. The summed E-state index contributed by atoms with van der Waals surface area (Å²) in [5, 5.41) is 2.09. The number of nitrogen functional groups attached to an aromatic ring is 1. The van der Waals surface area contributed by atoms with E-state index in [1.54, 1.807) is 11.3 Å². The van der Waals surface area contributed by atoms with E-state index in [4.69, 9.17) is 5.84 Å². The Morgan fingerprint density at radius 3 is 2.79 bits per heavy atom. The third-order valence-electron chi connectivity index (χ3n) is 2.79. The molecule has 2 rings (SSSR count). The number of nitrogens with one attached hydrogen (secondary N) is 1. The third-order valence-corrected chi connectivity index (χ3v) is 3.65. The minimum atomic E-state index is 0.349. The molecule has 0 fully saturated rings. The molecule has 0 aliphatic heterocycles. The fourth-order valence-corrected chi connectivity index (χ4v) is 2.56. The number of anilines is 2. The quantitative estimate of drug-likeness (QED) is 0.649. The molecule has 2 aromatic rings. The zero-order chi connectivity index (χ0) is 13.8. The molecule has 19 heavy (non-hydrogen) atoms. The first-order chi connectivity index (χ1) is 9.10. The van der Waals surface area contributed by atoms with Crippen LogP contribution in [-0.4, -0.2) is 16.0 Å². The molecule has 0 saturated heterocycles. The topological polar surface area (TPSA) is 67.1 Å². The van der Waals surface area contributed by atoms with Crippen LogP contribution in [0.3, 0.4) is 0 Å². The summed E-state index contributed by atoms with van der Waals surface area (Å²) in [6, 6.07) is 6.53. The van der Waals surface area contributed by atoms with Crippen molar-refractivity contribution in [1.29, 1.82) is 0 Å². The molecule has 102 valence electrons. The normalized spacial score (nSPS) is 10.8. The Labute approximate surface area is 117 Å². The largest absolute Gasteiger partial charge is 0.349 e. The standard InChI is InChI=1S/C13H19N5S/c1-9(2)18(8-11-5-4-6-19-11)12-7-10(3)15-13(16-12)17-14/h4-7,9H,8,14H2,1-3H3,(H,15,16,17). The highest BCUT2D eigenvalue weighted by molar-refractivity contribution is 7.09. The van der Waals surface area contributed by atoms with Crippen LogP contribution in [0.15, 0.2) is 23.6 Å². The summed E-state index contributed by atoms with van der Waals surface area (Å²) in [4.78, 5) is 12.2. The average molecular weight is 277 g/mol. The summed E-state index contributed by atoms with van der Waals surface area (Å²) < 4.78 is 0. The van der Waals surface area contributed by atoms with Gasteiger partial charge in [0, 0.05) is 22.7 Å². The number of hydrogen-bond donors (Lipinski definition) is 2. The second-order valence-corrected chi connectivity index (χ2v) is 5.67. The highest BCUT2D eigenvalue weighted by Crippen LogP contribution is 2.21. The van der Waals surface area contributed by atoms with Gasteiger partial charge >= 0.3 is 0 Å². The van der Waals surface area contributed by atoms with Crippen molar-refractivity contribution < 1.29 is 0 Å². The summed E-state index contributed by atoms with van der Waals surface area (Å²) >= 11 is 1.75. The number of aromatic nitrogens is 2. The van der Waals surface area contributed by atoms with Gasteiger partial charge in [0.05, 0.1) is 6.54 Å². The minimum absolute atomic E-state index is 0.349. The predicted octanol–water partition coefficient (Wildman–Crippen LogP) is 2.55. The van der Waals surface area contributed by atoms with Crippen molar-refractivity contribution in [3.8, 4) is 0 Å². The van der Waals surface area contributed by atoms with Gasteiger partial charge in [0.1, 0.15) is 5.82 Å². The smallest absolute Gasteiger partial charge is 0.239 e. The van der Waals surface area contributed by atoms with E-state index in [-0.39, 0.29) is 0 Å². The molecule has 6 heteroatoms. The summed E-state index contributed by atoms with van der Waals surface area (Å²) in [7, 11) is 0. The summed E-state index contributed by atoms with van der Waals surface area (Å²) in [5.74, 6) is 6.75. The van der Waals surface area contributed by atoms with Crippen molar-refractivity contribution in [3.05, 3.63) is 34.2 Å². The Balaban J connectivity index is 2.30. The van der Waals surface area contributed by atoms with Gasteiger partial charge in [0.25, 0.3) is 0 Å². The Kier molecular flexibility index (Phi) is 4.34. The molecule has 3 N–H and O–H groups in total. The van der Waals surface area contributed by atoms with Crippen LogP contribution in [0.2, 0.25) is 0 Å². The fourth-order valence-electron chi connectivity index (χ4n) is 1.86. The van der Waals surface area contributed by atoms with Crippen molar-refractivity contribution in [1.82, 2.24) is 9.97 Å². The number of aryl methyl sites for hydroxylation is 1. The first-order valence-corrected chi connectivity index (χ1v) is 7.09. The van der Waals surface area contributed by atoms with Crippen LogP contribution in [0.1, 0.15) is 24.4 Å². The van der Waals surface area contributed by atoms with Crippen LogP contribution in [0.5, 0.6) is 0 Å². The molecule has 0 atom stereocenters. The molecule has 0 aliphatic rings. The molecule has 2 aromatic heterocycles.